The van der Waals surface area contributed by atoms with Crippen LogP contribution in [0.25, 0.3) is 0 Å². The van der Waals surface area contributed by atoms with Crippen LogP contribution < -0.4 is 5.32 Å². The molecule has 4 nitrogen and oxygen atoms in total. The van der Waals surface area contributed by atoms with Gasteiger partial charge in [0.25, 0.3) is 5.69 Å². The van der Waals surface area contributed by atoms with Crippen LogP contribution in [0, 0.1) is 16.0 Å². The smallest absolute Gasteiger partial charge is 0.269 e. The Kier molecular flexibility index (Phi) is 5.53. The van der Waals surface area contributed by atoms with Gasteiger partial charge in [-0.3, -0.25) is 10.1 Å². The number of benzene rings is 1. The Bertz CT molecular complexity index is 431. The number of hydrogen-bond donors (Lipinski definition) is 1. The summed E-state index contributed by atoms with van der Waals surface area (Å²) in [5, 5.41) is 14.1. The summed E-state index contributed by atoms with van der Waals surface area (Å²) in [5.41, 5.74) is 1.38. The maximum absolute atomic E-state index is 10.6. The predicted molar refractivity (Wildman–Crippen MR) is 80.8 cm³/mol. The zero-order valence-electron chi connectivity index (χ0n) is 12.2. The third-order valence-electron chi connectivity index (χ3n) is 4.48. The van der Waals surface area contributed by atoms with E-state index < -0.39 is 0 Å². The van der Waals surface area contributed by atoms with Gasteiger partial charge >= 0.3 is 0 Å². The molecule has 2 atom stereocenters. The van der Waals surface area contributed by atoms with Gasteiger partial charge in [-0.05, 0) is 44.2 Å². The summed E-state index contributed by atoms with van der Waals surface area (Å²) in [6.07, 6.45) is 8.79. The minimum absolute atomic E-state index is 0.177. The Balaban J connectivity index is 1.91. The molecule has 4 heteroatoms. The molecule has 1 aliphatic carbocycles. The lowest BCUT2D eigenvalue weighted by Gasteiger charge is -2.24. The first-order chi connectivity index (χ1) is 9.70. The summed E-state index contributed by atoms with van der Waals surface area (Å²) >= 11 is 0. The minimum atomic E-state index is -0.341. The monoisotopic (exact) mass is 276 g/mol. The lowest BCUT2D eigenvalue weighted by molar-refractivity contribution is -0.384. The van der Waals surface area contributed by atoms with E-state index in [0.29, 0.717) is 6.04 Å². The Morgan fingerprint density at radius 3 is 2.55 bits per heavy atom. The zero-order valence-corrected chi connectivity index (χ0v) is 12.2. The summed E-state index contributed by atoms with van der Waals surface area (Å²) in [6, 6.07) is 7.64. The molecule has 1 aliphatic rings. The number of aryl methyl sites for hydroxylation is 1. The third kappa shape index (κ3) is 4.04. The number of nitro groups is 1. The molecule has 1 N–H and O–H groups in total. The van der Waals surface area contributed by atoms with E-state index in [2.05, 4.69) is 12.4 Å². The molecule has 0 amide bonds. The van der Waals surface area contributed by atoms with Crippen LogP contribution in [0.4, 0.5) is 5.69 Å². The normalized spacial score (nSPS) is 23.2. The van der Waals surface area contributed by atoms with Gasteiger partial charge in [-0.15, -0.1) is 0 Å². The molecule has 1 aromatic carbocycles. The molecule has 0 heterocycles. The van der Waals surface area contributed by atoms with E-state index in [9.17, 15) is 10.1 Å². The van der Waals surface area contributed by atoms with E-state index in [0.717, 1.165) is 12.3 Å². The van der Waals surface area contributed by atoms with Gasteiger partial charge in [0.2, 0.25) is 0 Å². The highest BCUT2D eigenvalue weighted by molar-refractivity contribution is 5.32. The summed E-state index contributed by atoms with van der Waals surface area (Å²) in [4.78, 5) is 10.3. The van der Waals surface area contributed by atoms with E-state index in [1.807, 2.05) is 12.1 Å². The first-order valence-electron chi connectivity index (χ1n) is 7.61. The summed E-state index contributed by atoms with van der Waals surface area (Å²) < 4.78 is 0. The molecule has 0 aliphatic heterocycles. The van der Waals surface area contributed by atoms with Crippen molar-refractivity contribution in [3.05, 3.63) is 39.9 Å². The number of rotatable bonds is 5. The van der Waals surface area contributed by atoms with Gasteiger partial charge in [0, 0.05) is 18.2 Å². The van der Waals surface area contributed by atoms with Gasteiger partial charge in [0.15, 0.2) is 0 Å². The summed E-state index contributed by atoms with van der Waals surface area (Å²) in [7, 11) is 2.06. The highest BCUT2D eigenvalue weighted by atomic mass is 16.6. The van der Waals surface area contributed by atoms with Crippen molar-refractivity contribution >= 4 is 5.69 Å². The molecule has 0 spiro atoms. The number of hydrogen-bond acceptors (Lipinski definition) is 3. The van der Waals surface area contributed by atoms with E-state index >= 15 is 0 Å². The van der Waals surface area contributed by atoms with Crippen LogP contribution in [0.1, 0.15) is 44.1 Å². The van der Waals surface area contributed by atoms with Crippen molar-refractivity contribution in [3.8, 4) is 0 Å². The van der Waals surface area contributed by atoms with Crippen LogP contribution in [-0.4, -0.2) is 18.0 Å². The van der Waals surface area contributed by atoms with Crippen molar-refractivity contribution in [1.82, 2.24) is 5.32 Å². The second-order valence-electron chi connectivity index (χ2n) is 5.76. The molecule has 0 aromatic heterocycles. The summed E-state index contributed by atoms with van der Waals surface area (Å²) in [5.74, 6) is 0.734. The van der Waals surface area contributed by atoms with E-state index in [-0.39, 0.29) is 10.6 Å². The first-order valence-corrected chi connectivity index (χ1v) is 7.61. The molecule has 1 fully saturated rings. The van der Waals surface area contributed by atoms with Crippen LogP contribution in [0.15, 0.2) is 24.3 Å². The van der Waals surface area contributed by atoms with Crippen molar-refractivity contribution in [3.63, 3.8) is 0 Å². The highest BCUT2D eigenvalue weighted by Crippen LogP contribution is 2.27. The predicted octanol–water partition coefficient (Wildman–Crippen LogP) is 3.70. The van der Waals surface area contributed by atoms with E-state index in [4.69, 9.17) is 0 Å². The zero-order chi connectivity index (χ0) is 14.4. The molecule has 0 saturated heterocycles. The van der Waals surface area contributed by atoms with Crippen LogP contribution >= 0.6 is 0 Å². The second kappa shape index (κ2) is 7.39. The van der Waals surface area contributed by atoms with Crippen molar-refractivity contribution in [2.75, 3.05) is 7.05 Å². The van der Waals surface area contributed by atoms with Gasteiger partial charge in [-0.1, -0.05) is 31.4 Å². The number of nitrogens with one attached hydrogen (secondary N) is 1. The quantitative estimate of drug-likeness (QED) is 0.507. The Hall–Kier alpha value is -1.42. The van der Waals surface area contributed by atoms with Crippen molar-refractivity contribution < 1.29 is 4.92 Å². The molecule has 0 radical (unpaired) electrons. The third-order valence-corrected chi connectivity index (χ3v) is 4.48. The van der Waals surface area contributed by atoms with Crippen LogP contribution in [-0.2, 0) is 6.42 Å². The SMILES string of the molecule is CNC1CCCCCC1CCc1ccc([N+](=O)[O-])cc1. The lowest BCUT2D eigenvalue weighted by atomic mass is 9.89. The molecule has 1 aromatic rings. The first kappa shape index (κ1) is 15.0. The van der Waals surface area contributed by atoms with Gasteiger partial charge in [0.1, 0.15) is 0 Å². The number of nitro benzene ring substituents is 1. The molecular weight excluding hydrogens is 252 g/mol. The molecule has 2 unspecified atom stereocenters. The minimum Gasteiger partial charge on any atom is -0.317 e. The highest BCUT2D eigenvalue weighted by Gasteiger charge is 2.21. The largest absolute Gasteiger partial charge is 0.317 e. The molecular formula is C16H24N2O2. The van der Waals surface area contributed by atoms with Crippen molar-refractivity contribution in [2.45, 2.75) is 51.0 Å². The fourth-order valence-electron chi connectivity index (χ4n) is 3.25. The number of nitrogens with zero attached hydrogens (tertiary/aromatic N) is 1. The average molecular weight is 276 g/mol. The fourth-order valence-corrected chi connectivity index (χ4v) is 3.25. The van der Waals surface area contributed by atoms with Crippen LogP contribution in [0.2, 0.25) is 0 Å². The molecule has 110 valence electrons. The molecule has 1 saturated carbocycles. The van der Waals surface area contributed by atoms with Crippen LogP contribution in [0.5, 0.6) is 0 Å². The van der Waals surface area contributed by atoms with Gasteiger partial charge in [-0.2, -0.15) is 0 Å². The topological polar surface area (TPSA) is 55.2 Å². The average Bonchev–Trinajstić information content (AvgIpc) is 2.70. The Labute approximate surface area is 120 Å². The standard InChI is InChI=1S/C16H24N2O2/c1-17-16-6-4-2-3-5-14(16)10-7-13-8-11-15(12-9-13)18(19)20/h8-9,11-12,14,16-17H,2-7,10H2,1H3. The summed E-state index contributed by atoms with van der Waals surface area (Å²) in [6.45, 7) is 0. The van der Waals surface area contributed by atoms with E-state index in [1.54, 1.807) is 12.1 Å². The van der Waals surface area contributed by atoms with Crippen molar-refractivity contribution in [2.24, 2.45) is 5.92 Å². The Morgan fingerprint density at radius 1 is 1.20 bits per heavy atom. The second-order valence-corrected chi connectivity index (χ2v) is 5.76. The maximum Gasteiger partial charge on any atom is 0.269 e. The number of non-ortho nitro benzene ring substituents is 1. The van der Waals surface area contributed by atoms with Gasteiger partial charge < -0.3 is 5.32 Å². The van der Waals surface area contributed by atoms with Gasteiger partial charge in [0.05, 0.1) is 4.92 Å². The van der Waals surface area contributed by atoms with Gasteiger partial charge in [-0.25, -0.2) is 0 Å². The van der Waals surface area contributed by atoms with Crippen LogP contribution in [0.3, 0.4) is 0 Å². The molecule has 20 heavy (non-hydrogen) atoms. The van der Waals surface area contributed by atoms with Crippen molar-refractivity contribution in [1.29, 1.82) is 0 Å². The Morgan fingerprint density at radius 2 is 1.90 bits per heavy atom. The maximum atomic E-state index is 10.6. The molecule has 0 bridgehead atoms. The molecule has 2 rings (SSSR count). The fraction of sp³-hybridized carbons (Fsp3) is 0.625. The van der Waals surface area contributed by atoms with E-state index in [1.165, 1.54) is 44.1 Å². The lowest BCUT2D eigenvalue weighted by Crippen LogP contribution is -2.32.